The van der Waals surface area contributed by atoms with E-state index in [1.54, 1.807) is 18.2 Å². The number of rotatable bonds is 16. The predicted molar refractivity (Wildman–Crippen MR) is 106 cm³/mol. The molecule has 27 heavy (non-hydrogen) atoms. The van der Waals surface area contributed by atoms with Crippen molar-refractivity contribution in [2.45, 2.75) is 71.1 Å². The average molecular weight is 378 g/mol. The number of hydrogen-bond acceptors (Lipinski definition) is 5. The van der Waals surface area contributed by atoms with Crippen LogP contribution in [0.1, 0.15) is 71.1 Å². The lowest BCUT2D eigenvalue weighted by Gasteiger charge is -1.96. The van der Waals surface area contributed by atoms with Gasteiger partial charge in [0.25, 0.3) is 0 Å². The third-order valence-electron chi connectivity index (χ3n) is 3.83. The summed E-state index contributed by atoms with van der Waals surface area (Å²) in [6, 6.07) is 0. The first-order valence-corrected chi connectivity index (χ1v) is 9.43. The van der Waals surface area contributed by atoms with Crippen LogP contribution >= 0.6 is 0 Å². The molecule has 0 saturated heterocycles. The topological polar surface area (TPSA) is 103 Å². The molecule has 0 aromatic carbocycles. The van der Waals surface area contributed by atoms with Crippen LogP contribution in [0.25, 0.3) is 0 Å². The minimum Gasteiger partial charge on any atom is -0.303 e. The molecular formula is C20H30N2O5. The molecule has 0 atom stereocenters. The monoisotopic (exact) mass is 378 g/mol. The zero-order valence-corrected chi connectivity index (χ0v) is 16.0. The molecule has 0 N–H and O–H groups in total. The molecule has 0 aliphatic carbocycles. The quantitative estimate of drug-likeness (QED) is 0.115. The lowest BCUT2D eigenvalue weighted by atomic mass is 10.1. The normalized spacial score (nSPS) is 12.8. The Labute approximate surface area is 160 Å². The highest BCUT2D eigenvalue weighted by Gasteiger charge is 2.09. The molecule has 0 saturated carbocycles. The number of nitrogens with zero attached hydrogens (tertiary/aromatic N) is 2. The van der Waals surface area contributed by atoms with Gasteiger partial charge < -0.3 is 4.79 Å². The maximum atomic E-state index is 11.1. The van der Waals surface area contributed by atoms with E-state index in [4.69, 9.17) is 0 Å². The first kappa shape index (κ1) is 24.4. The summed E-state index contributed by atoms with van der Waals surface area (Å²) in [6.45, 7) is 2.07. The zero-order valence-electron chi connectivity index (χ0n) is 16.0. The van der Waals surface area contributed by atoms with E-state index in [1.807, 2.05) is 12.2 Å². The van der Waals surface area contributed by atoms with Crippen molar-refractivity contribution in [3.8, 4) is 0 Å². The van der Waals surface area contributed by atoms with Crippen LogP contribution < -0.4 is 0 Å². The Morgan fingerprint density at radius 2 is 1.41 bits per heavy atom. The maximum Gasteiger partial charge on any atom is 0.246 e. The highest BCUT2D eigenvalue weighted by Crippen LogP contribution is 2.11. The molecule has 0 spiro atoms. The van der Waals surface area contributed by atoms with Gasteiger partial charge in [-0.1, -0.05) is 44.1 Å². The molecule has 0 aromatic heterocycles. The van der Waals surface area contributed by atoms with Gasteiger partial charge in [-0.05, 0) is 44.3 Å². The summed E-state index contributed by atoms with van der Waals surface area (Å²) < 4.78 is 0. The second-order valence-corrected chi connectivity index (χ2v) is 6.09. The standard InChI is InChI=1S/C20H30N2O5/c1-2-3-4-9-14-19(21(24)25)16-11-12-17-20(22(26)27)15-10-7-5-6-8-13-18-23/h5,7,11-12,14-15,18H,2-4,6,8-10,13,16-17H2,1H3/b7-5+,12-11+,19-14-,20-15-. The van der Waals surface area contributed by atoms with Crippen LogP contribution in [0, 0.1) is 20.2 Å². The number of allylic oxidation sites excluding steroid dienone is 6. The summed E-state index contributed by atoms with van der Waals surface area (Å²) in [5, 5.41) is 22.1. The van der Waals surface area contributed by atoms with Crippen LogP contribution in [-0.2, 0) is 4.79 Å². The summed E-state index contributed by atoms with van der Waals surface area (Å²) >= 11 is 0. The highest BCUT2D eigenvalue weighted by molar-refractivity contribution is 5.49. The van der Waals surface area contributed by atoms with Crippen LogP contribution in [0.5, 0.6) is 0 Å². The van der Waals surface area contributed by atoms with Gasteiger partial charge >= 0.3 is 0 Å². The van der Waals surface area contributed by atoms with Gasteiger partial charge in [0.2, 0.25) is 11.4 Å². The van der Waals surface area contributed by atoms with E-state index in [-0.39, 0.29) is 24.2 Å². The maximum absolute atomic E-state index is 11.1. The van der Waals surface area contributed by atoms with E-state index >= 15 is 0 Å². The van der Waals surface area contributed by atoms with Crippen molar-refractivity contribution >= 4 is 6.29 Å². The summed E-state index contributed by atoms with van der Waals surface area (Å²) in [5.74, 6) is 0. The van der Waals surface area contributed by atoms with Gasteiger partial charge in [0.1, 0.15) is 6.29 Å². The third kappa shape index (κ3) is 14.3. The number of carbonyl (C=O) groups excluding carboxylic acids is 1. The lowest BCUT2D eigenvalue weighted by molar-refractivity contribution is -0.427. The minimum absolute atomic E-state index is 0.0679. The molecule has 0 amide bonds. The highest BCUT2D eigenvalue weighted by atomic mass is 16.6. The average Bonchev–Trinajstić information content (AvgIpc) is 2.63. The van der Waals surface area contributed by atoms with Gasteiger partial charge in [0.05, 0.1) is 22.7 Å². The third-order valence-corrected chi connectivity index (χ3v) is 3.83. The Morgan fingerprint density at radius 3 is 1.96 bits per heavy atom. The van der Waals surface area contributed by atoms with Crippen molar-refractivity contribution in [2.75, 3.05) is 0 Å². The molecule has 0 unspecified atom stereocenters. The first-order chi connectivity index (χ1) is 13.0. The molecule has 7 nitrogen and oxygen atoms in total. The minimum atomic E-state index is -0.431. The molecule has 7 heteroatoms. The number of carbonyl (C=O) groups is 1. The lowest BCUT2D eigenvalue weighted by Crippen LogP contribution is -1.99. The van der Waals surface area contributed by atoms with Crippen molar-refractivity contribution in [3.05, 3.63) is 68.1 Å². The fourth-order valence-corrected chi connectivity index (χ4v) is 2.27. The molecule has 0 aromatic rings. The largest absolute Gasteiger partial charge is 0.303 e. The molecule has 0 bridgehead atoms. The van der Waals surface area contributed by atoms with E-state index in [0.717, 1.165) is 38.4 Å². The van der Waals surface area contributed by atoms with Crippen LogP contribution in [0.2, 0.25) is 0 Å². The van der Waals surface area contributed by atoms with Crippen LogP contribution in [-0.4, -0.2) is 16.1 Å². The molecule has 0 fully saturated rings. The van der Waals surface area contributed by atoms with Crippen molar-refractivity contribution in [1.82, 2.24) is 0 Å². The Hall–Kier alpha value is -2.57. The number of hydrogen-bond donors (Lipinski definition) is 0. The first-order valence-electron chi connectivity index (χ1n) is 9.43. The fourth-order valence-electron chi connectivity index (χ4n) is 2.27. The van der Waals surface area contributed by atoms with Gasteiger partial charge in [-0.15, -0.1) is 0 Å². The molecule has 0 aliphatic heterocycles. The van der Waals surface area contributed by atoms with E-state index in [1.165, 1.54) is 6.08 Å². The van der Waals surface area contributed by atoms with Crippen LogP contribution in [0.3, 0.4) is 0 Å². The number of unbranched alkanes of at least 4 members (excludes halogenated alkanes) is 5. The molecule has 0 rings (SSSR count). The van der Waals surface area contributed by atoms with E-state index in [2.05, 4.69) is 6.92 Å². The van der Waals surface area contributed by atoms with Crippen LogP contribution in [0.15, 0.2) is 47.9 Å². The number of aldehydes is 1. The molecule has 0 radical (unpaired) electrons. The molecular weight excluding hydrogens is 348 g/mol. The molecule has 150 valence electrons. The van der Waals surface area contributed by atoms with Gasteiger partial charge in [-0.3, -0.25) is 20.2 Å². The second-order valence-electron chi connectivity index (χ2n) is 6.09. The van der Waals surface area contributed by atoms with E-state index in [9.17, 15) is 25.0 Å². The Morgan fingerprint density at radius 1 is 0.778 bits per heavy atom. The van der Waals surface area contributed by atoms with Crippen molar-refractivity contribution < 1.29 is 14.6 Å². The van der Waals surface area contributed by atoms with Gasteiger partial charge in [-0.2, -0.15) is 0 Å². The summed E-state index contributed by atoms with van der Waals surface area (Å²) in [5.41, 5.74) is 0.200. The Bertz CT molecular complexity index is 577. The van der Waals surface area contributed by atoms with E-state index in [0.29, 0.717) is 19.3 Å². The van der Waals surface area contributed by atoms with Crippen molar-refractivity contribution in [1.29, 1.82) is 0 Å². The summed E-state index contributed by atoms with van der Waals surface area (Å²) in [4.78, 5) is 31.5. The summed E-state index contributed by atoms with van der Waals surface area (Å²) in [6.07, 6.45) is 17.5. The van der Waals surface area contributed by atoms with E-state index < -0.39 is 9.85 Å². The zero-order chi connectivity index (χ0) is 20.3. The predicted octanol–water partition coefficient (Wildman–Crippen LogP) is 5.54. The van der Waals surface area contributed by atoms with Crippen LogP contribution in [0.4, 0.5) is 0 Å². The second kappa shape index (κ2) is 16.9. The van der Waals surface area contributed by atoms with Gasteiger partial charge in [0.15, 0.2) is 0 Å². The van der Waals surface area contributed by atoms with Gasteiger partial charge in [-0.25, -0.2) is 0 Å². The van der Waals surface area contributed by atoms with Crippen molar-refractivity contribution in [2.24, 2.45) is 0 Å². The summed E-state index contributed by atoms with van der Waals surface area (Å²) in [7, 11) is 0. The molecule has 0 heterocycles. The van der Waals surface area contributed by atoms with Gasteiger partial charge in [0, 0.05) is 6.42 Å². The SMILES string of the molecule is CCCCC/C=C(/C/C=C/C/C(=C/C/C=C/CCCC=O)[N+](=O)[O-])[N+](=O)[O-]. The number of nitro groups is 2. The smallest absolute Gasteiger partial charge is 0.246 e. The Kier molecular flexibility index (Phi) is 15.3. The Balaban J connectivity index is 4.48. The fraction of sp³-hybridized carbons (Fsp3) is 0.550. The van der Waals surface area contributed by atoms with Crippen molar-refractivity contribution in [3.63, 3.8) is 0 Å². The molecule has 0 aliphatic rings.